The summed E-state index contributed by atoms with van der Waals surface area (Å²) in [6, 6.07) is 14.3. The Bertz CT molecular complexity index is 935. The number of hydrogen-bond donors (Lipinski definition) is 1. The second-order valence-corrected chi connectivity index (χ2v) is 6.46. The monoisotopic (exact) mass is 367 g/mol. The lowest BCUT2D eigenvalue weighted by Crippen LogP contribution is -2.29. The molecule has 5 nitrogen and oxygen atoms in total. The molecule has 27 heavy (non-hydrogen) atoms. The summed E-state index contributed by atoms with van der Waals surface area (Å²) in [7, 11) is 3.39. The van der Waals surface area contributed by atoms with Crippen molar-refractivity contribution < 1.29 is 13.9 Å². The third-order valence-corrected chi connectivity index (χ3v) is 4.50. The number of methoxy groups -OCH3 is 1. The number of carbonyl (C=O) groups is 1. The number of ether oxygens (including phenoxy) is 1. The van der Waals surface area contributed by atoms with Gasteiger partial charge in [-0.25, -0.2) is 4.39 Å². The molecule has 0 saturated heterocycles. The summed E-state index contributed by atoms with van der Waals surface area (Å²) in [6.07, 6.45) is 0.740. The first-order chi connectivity index (χ1) is 13.0. The summed E-state index contributed by atoms with van der Waals surface area (Å²) in [6.45, 7) is 2.28. The van der Waals surface area contributed by atoms with Crippen LogP contribution >= 0.6 is 0 Å². The highest BCUT2D eigenvalue weighted by Crippen LogP contribution is 2.21. The molecule has 0 aliphatic carbocycles. The van der Waals surface area contributed by atoms with E-state index in [0.717, 1.165) is 23.3 Å². The van der Waals surface area contributed by atoms with E-state index < -0.39 is 0 Å². The smallest absolute Gasteiger partial charge is 0.271 e. The van der Waals surface area contributed by atoms with E-state index in [1.54, 1.807) is 44.2 Å². The number of benzene rings is 2. The Morgan fingerprint density at radius 1 is 1.19 bits per heavy atom. The third kappa shape index (κ3) is 4.34. The number of aryl methyl sites for hydroxylation is 1. The number of halogens is 1. The molecular formula is C21H22FN3O2. The van der Waals surface area contributed by atoms with Crippen LogP contribution in [-0.2, 0) is 6.42 Å². The lowest BCUT2D eigenvalue weighted by Gasteiger charge is -2.16. The third-order valence-electron chi connectivity index (χ3n) is 4.50. The molecule has 0 atom stereocenters. The Hall–Kier alpha value is -3.15. The molecule has 3 rings (SSSR count). The van der Waals surface area contributed by atoms with Gasteiger partial charge in [0, 0.05) is 19.2 Å². The van der Waals surface area contributed by atoms with Gasteiger partial charge in [0.1, 0.15) is 17.3 Å². The Morgan fingerprint density at radius 2 is 1.93 bits per heavy atom. The van der Waals surface area contributed by atoms with Gasteiger partial charge in [-0.2, -0.15) is 5.10 Å². The molecule has 0 aliphatic heterocycles. The average Bonchev–Trinajstić information content (AvgIpc) is 3.18. The number of hydrogen-bond acceptors (Lipinski definition) is 3. The largest absolute Gasteiger partial charge is 0.497 e. The number of carbonyl (C=O) groups excluding carboxylic acids is 1. The van der Waals surface area contributed by atoms with Gasteiger partial charge in [-0.15, -0.1) is 0 Å². The summed E-state index contributed by atoms with van der Waals surface area (Å²) in [5.41, 5.74) is 3.46. The molecule has 0 fully saturated rings. The SMILES string of the molecule is COc1ccc(CCN(C)C(=O)c2cc(-c3ccc(F)c(C)c3)n[nH]2)cc1. The minimum absolute atomic E-state index is 0.138. The molecule has 0 unspecified atom stereocenters. The molecule has 0 aliphatic rings. The highest BCUT2D eigenvalue weighted by Gasteiger charge is 2.16. The van der Waals surface area contributed by atoms with Crippen LogP contribution in [0.15, 0.2) is 48.5 Å². The van der Waals surface area contributed by atoms with Crippen LogP contribution in [0.5, 0.6) is 5.75 Å². The van der Waals surface area contributed by atoms with Gasteiger partial charge in [0.15, 0.2) is 0 Å². The average molecular weight is 367 g/mol. The molecule has 0 spiro atoms. The number of rotatable bonds is 6. The van der Waals surface area contributed by atoms with Crippen LogP contribution < -0.4 is 4.74 Å². The molecule has 1 N–H and O–H groups in total. The number of aromatic nitrogens is 2. The van der Waals surface area contributed by atoms with E-state index in [1.807, 2.05) is 24.3 Å². The molecule has 0 bridgehead atoms. The first-order valence-electron chi connectivity index (χ1n) is 8.68. The van der Waals surface area contributed by atoms with E-state index in [2.05, 4.69) is 10.2 Å². The minimum atomic E-state index is -0.260. The molecule has 140 valence electrons. The molecule has 2 aromatic carbocycles. The van der Waals surface area contributed by atoms with Gasteiger partial charge < -0.3 is 9.64 Å². The highest BCUT2D eigenvalue weighted by molar-refractivity contribution is 5.93. The fraction of sp³-hybridized carbons (Fsp3) is 0.238. The predicted octanol–water partition coefficient (Wildman–Crippen LogP) is 3.85. The van der Waals surface area contributed by atoms with Gasteiger partial charge in [0.25, 0.3) is 5.91 Å². The standard InChI is InChI=1S/C21H22FN3O2/c1-14-12-16(6-9-18(14)22)19-13-20(24-23-19)21(26)25(2)11-10-15-4-7-17(27-3)8-5-15/h4-9,12-13H,10-11H2,1-3H3,(H,23,24). The zero-order valence-electron chi connectivity index (χ0n) is 15.6. The number of nitrogens with zero attached hydrogens (tertiary/aromatic N) is 2. The predicted molar refractivity (Wildman–Crippen MR) is 102 cm³/mol. The summed E-state index contributed by atoms with van der Waals surface area (Å²) < 4.78 is 18.6. The number of likely N-dealkylation sites (N-methyl/N-ethyl adjacent to an activating group) is 1. The minimum Gasteiger partial charge on any atom is -0.497 e. The van der Waals surface area contributed by atoms with Crippen molar-refractivity contribution in [2.45, 2.75) is 13.3 Å². The van der Waals surface area contributed by atoms with E-state index in [9.17, 15) is 9.18 Å². The number of H-pyrrole nitrogens is 1. The molecule has 6 heteroatoms. The summed E-state index contributed by atoms with van der Waals surface area (Å²) in [5, 5.41) is 6.97. The maximum Gasteiger partial charge on any atom is 0.271 e. The highest BCUT2D eigenvalue weighted by atomic mass is 19.1. The molecule has 1 amide bonds. The van der Waals surface area contributed by atoms with Gasteiger partial charge in [-0.3, -0.25) is 9.89 Å². The van der Waals surface area contributed by atoms with E-state index in [-0.39, 0.29) is 11.7 Å². The quantitative estimate of drug-likeness (QED) is 0.720. The van der Waals surface area contributed by atoms with E-state index >= 15 is 0 Å². The van der Waals surface area contributed by atoms with E-state index in [4.69, 9.17) is 4.74 Å². The normalized spacial score (nSPS) is 10.7. The van der Waals surface area contributed by atoms with Crippen molar-refractivity contribution in [3.05, 3.63) is 71.2 Å². The fourth-order valence-electron chi connectivity index (χ4n) is 2.78. The lowest BCUT2D eigenvalue weighted by atomic mass is 10.1. The second kappa shape index (κ2) is 8.03. The zero-order valence-corrected chi connectivity index (χ0v) is 15.6. The maximum absolute atomic E-state index is 13.4. The van der Waals surface area contributed by atoms with Crippen molar-refractivity contribution >= 4 is 5.91 Å². The topological polar surface area (TPSA) is 58.2 Å². The number of aromatic amines is 1. The molecule has 1 aromatic heterocycles. The number of nitrogens with one attached hydrogen (secondary N) is 1. The summed E-state index contributed by atoms with van der Waals surface area (Å²) >= 11 is 0. The number of amides is 1. The van der Waals surface area contributed by atoms with E-state index in [1.165, 1.54) is 6.07 Å². The molecule has 1 heterocycles. The van der Waals surface area contributed by atoms with Crippen LogP contribution in [0.2, 0.25) is 0 Å². The molecule has 3 aromatic rings. The van der Waals surface area contributed by atoms with Crippen LogP contribution in [0.3, 0.4) is 0 Å². The van der Waals surface area contributed by atoms with Crippen molar-refractivity contribution in [3.8, 4) is 17.0 Å². The van der Waals surface area contributed by atoms with Crippen LogP contribution in [0.1, 0.15) is 21.6 Å². The van der Waals surface area contributed by atoms with Crippen LogP contribution in [0.25, 0.3) is 11.3 Å². The van der Waals surface area contributed by atoms with E-state index in [0.29, 0.717) is 23.5 Å². The Labute approximate surface area is 157 Å². The van der Waals surface area contributed by atoms with Crippen molar-refractivity contribution in [1.82, 2.24) is 15.1 Å². The van der Waals surface area contributed by atoms with Gasteiger partial charge in [0.2, 0.25) is 0 Å². The van der Waals surface area contributed by atoms with Gasteiger partial charge >= 0.3 is 0 Å². The lowest BCUT2D eigenvalue weighted by molar-refractivity contribution is 0.0791. The first-order valence-corrected chi connectivity index (χ1v) is 8.68. The van der Waals surface area contributed by atoms with Gasteiger partial charge in [0.05, 0.1) is 12.8 Å². The van der Waals surface area contributed by atoms with Gasteiger partial charge in [-0.05, 0) is 60.9 Å². The van der Waals surface area contributed by atoms with Crippen molar-refractivity contribution in [3.63, 3.8) is 0 Å². The Kier molecular flexibility index (Phi) is 5.54. The first kappa shape index (κ1) is 18.6. The zero-order chi connectivity index (χ0) is 19.4. The van der Waals surface area contributed by atoms with Crippen molar-refractivity contribution in [1.29, 1.82) is 0 Å². The molecule has 0 saturated carbocycles. The molecule has 0 radical (unpaired) electrons. The van der Waals surface area contributed by atoms with Crippen molar-refractivity contribution in [2.24, 2.45) is 0 Å². The fourth-order valence-corrected chi connectivity index (χ4v) is 2.78. The van der Waals surface area contributed by atoms with Crippen LogP contribution in [0, 0.1) is 12.7 Å². The summed E-state index contributed by atoms with van der Waals surface area (Å²) in [4.78, 5) is 14.3. The van der Waals surface area contributed by atoms with Gasteiger partial charge in [-0.1, -0.05) is 12.1 Å². The molecular weight excluding hydrogens is 345 g/mol. The van der Waals surface area contributed by atoms with Crippen LogP contribution in [-0.4, -0.2) is 41.7 Å². The second-order valence-electron chi connectivity index (χ2n) is 6.46. The Balaban J connectivity index is 1.64. The van der Waals surface area contributed by atoms with Crippen LogP contribution in [0.4, 0.5) is 4.39 Å². The maximum atomic E-state index is 13.4. The van der Waals surface area contributed by atoms with Crippen molar-refractivity contribution in [2.75, 3.05) is 20.7 Å². The Morgan fingerprint density at radius 3 is 2.59 bits per heavy atom. The summed E-state index contributed by atoms with van der Waals surface area (Å²) in [5.74, 6) is 0.411.